The summed E-state index contributed by atoms with van der Waals surface area (Å²) in [6, 6.07) is 17.4. The van der Waals surface area contributed by atoms with Gasteiger partial charge in [0.25, 0.3) is 0 Å². The summed E-state index contributed by atoms with van der Waals surface area (Å²) >= 11 is 1.66. The first-order valence-electron chi connectivity index (χ1n) is 9.16. The maximum Gasteiger partial charge on any atom is 0.324 e. The zero-order chi connectivity index (χ0) is 20.3. The van der Waals surface area contributed by atoms with Crippen LogP contribution in [0.3, 0.4) is 0 Å². The lowest BCUT2D eigenvalue weighted by Gasteiger charge is -2.14. The van der Waals surface area contributed by atoms with Crippen LogP contribution in [0.5, 0.6) is 0 Å². The van der Waals surface area contributed by atoms with Crippen molar-refractivity contribution in [2.45, 2.75) is 38.0 Å². The Morgan fingerprint density at radius 2 is 1.64 bits per heavy atom. The first-order chi connectivity index (χ1) is 13.3. The van der Waals surface area contributed by atoms with E-state index in [9.17, 15) is 4.79 Å². The van der Waals surface area contributed by atoms with Gasteiger partial charge in [-0.2, -0.15) is 5.10 Å². The van der Waals surface area contributed by atoms with Gasteiger partial charge in [-0.25, -0.2) is 9.48 Å². The minimum Gasteiger partial charge on any atom is -0.308 e. The lowest BCUT2D eigenvalue weighted by molar-refractivity contribution is 0.262. The lowest BCUT2D eigenvalue weighted by atomic mass is 9.92. The third-order valence-electron chi connectivity index (χ3n) is 4.35. The first kappa shape index (κ1) is 20.0. The molecule has 0 aliphatic rings. The Morgan fingerprint density at radius 3 is 2.21 bits per heavy atom. The van der Waals surface area contributed by atoms with E-state index in [1.807, 2.05) is 67.8 Å². The van der Waals surface area contributed by atoms with Gasteiger partial charge in [0, 0.05) is 22.1 Å². The number of rotatable bonds is 4. The van der Waals surface area contributed by atoms with Crippen molar-refractivity contribution in [3.8, 4) is 5.69 Å². The van der Waals surface area contributed by atoms with Gasteiger partial charge < -0.3 is 5.32 Å². The number of thioether (sulfide) groups is 1. The fourth-order valence-electron chi connectivity index (χ4n) is 2.67. The van der Waals surface area contributed by atoms with Crippen molar-refractivity contribution < 1.29 is 4.79 Å². The van der Waals surface area contributed by atoms with Gasteiger partial charge in [-0.05, 0) is 49.6 Å². The third-order valence-corrected chi connectivity index (χ3v) is 5.09. The van der Waals surface area contributed by atoms with Crippen LogP contribution in [-0.4, -0.2) is 22.1 Å². The molecule has 0 atom stereocenters. The van der Waals surface area contributed by atoms with Crippen LogP contribution in [0.1, 0.15) is 32.0 Å². The molecule has 0 bridgehead atoms. The quantitative estimate of drug-likeness (QED) is 0.546. The van der Waals surface area contributed by atoms with Crippen LogP contribution in [0.25, 0.3) is 5.69 Å². The van der Waals surface area contributed by atoms with E-state index in [2.05, 4.69) is 31.4 Å². The van der Waals surface area contributed by atoms with Gasteiger partial charge in [-0.15, -0.1) is 11.8 Å². The van der Waals surface area contributed by atoms with Crippen molar-refractivity contribution in [3.63, 3.8) is 0 Å². The molecule has 5 nitrogen and oxygen atoms in total. The fourth-order valence-corrected chi connectivity index (χ4v) is 3.08. The Kier molecular flexibility index (Phi) is 5.79. The lowest BCUT2D eigenvalue weighted by Crippen LogP contribution is -2.21. The smallest absolute Gasteiger partial charge is 0.308 e. The summed E-state index contributed by atoms with van der Waals surface area (Å²) in [7, 11) is 0. The van der Waals surface area contributed by atoms with Crippen molar-refractivity contribution in [2.75, 3.05) is 16.9 Å². The van der Waals surface area contributed by atoms with Gasteiger partial charge in [0.15, 0.2) is 0 Å². The van der Waals surface area contributed by atoms with Gasteiger partial charge in [0.1, 0.15) is 5.82 Å². The van der Waals surface area contributed by atoms with Crippen molar-refractivity contribution >= 4 is 29.3 Å². The van der Waals surface area contributed by atoms with Crippen molar-refractivity contribution in [1.82, 2.24) is 9.78 Å². The summed E-state index contributed by atoms with van der Waals surface area (Å²) in [6.07, 6.45) is 2.02. The van der Waals surface area contributed by atoms with E-state index >= 15 is 0 Å². The number of carbonyl (C=O) groups excluding carboxylic acids is 1. The molecule has 0 fully saturated rings. The van der Waals surface area contributed by atoms with E-state index in [1.165, 1.54) is 5.56 Å². The molecule has 1 aromatic heterocycles. The van der Waals surface area contributed by atoms with Crippen LogP contribution < -0.4 is 10.6 Å². The molecule has 0 unspecified atom stereocenters. The number of hydrogen-bond acceptors (Lipinski definition) is 3. The highest BCUT2D eigenvalue weighted by atomic mass is 32.2. The highest BCUT2D eigenvalue weighted by Crippen LogP contribution is 2.26. The van der Waals surface area contributed by atoms with E-state index in [0.717, 1.165) is 22.0 Å². The number of urea groups is 1. The van der Waals surface area contributed by atoms with Gasteiger partial charge in [-0.1, -0.05) is 38.5 Å². The molecule has 0 aliphatic heterocycles. The molecule has 0 saturated heterocycles. The highest BCUT2D eigenvalue weighted by Gasteiger charge is 2.21. The van der Waals surface area contributed by atoms with Crippen LogP contribution >= 0.6 is 11.8 Å². The van der Waals surface area contributed by atoms with Crippen molar-refractivity contribution in [1.29, 1.82) is 0 Å². The Balaban J connectivity index is 1.85. The Morgan fingerprint density at radius 1 is 1.00 bits per heavy atom. The minimum absolute atomic E-state index is 0.128. The molecule has 2 N–H and O–H groups in total. The monoisotopic (exact) mass is 394 g/mol. The van der Waals surface area contributed by atoms with Crippen molar-refractivity contribution in [3.05, 3.63) is 65.9 Å². The minimum atomic E-state index is -0.300. The van der Waals surface area contributed by atoms with Crippen LogP contribution in [0.2, 0.25) is 0 Å². The molecule has 146 valence electrons. The summed E-state index contributed by atoms with van der Waals surface area (Å²) in [5, 5.41) is 10.6. The second-order valence-electron chi connectivity index (χ2n) is 7.72. The standard InChI is InChI=1S/C22H26N4OS/c1-15-6-10-17(11-7-15)26-20(14-19(25-26)22(2,3)4)24-21(27)23-16-8-12-18(28-5)13-9-16/h6-14H,1-5H3,(H2,23,24,27). The van der Waals surface area contributed by atoms with Crippen LogP contribution in [0.4, 0.5) is 16.3 Å². The maximum atomic E-state index is 12.6. The van der Waals surface area contributed by atoms with Gasteiger partial charge in [-0.3, -0.25) is 5.32 Å². The number of hydrogen-bond donors (Lipinski definition) is 2. The summed E-state index contributed by atoms with van der Waals surface area (Å²) in [5.74, 6) is 0.631. The number of aromatic nitrogens is 2. The number of nitrogens with zero attached hydrogens (tertiary/aromatic N) is 2. The fraction of sp³-hybridized carbons (Fsp3) is 0.273. The molecule has 3 rings (SSSR count). The topological polar surface area (TPSA) is 59.0 Å². The number of amides is 2. The largest absolute Gasteiger partial charge is 0.324 e. The maximum absolute atomic E-state index is 12.6. The number of aryl methyl sites for hydroxylation is 1. The molecule has 28 heavy (non-hydrogen) atoms. The number of nitrogens with one attached hydrogen (secondary N) is 2. The number of benzene rings is 2. The molecule has 2 amide bonds. The molecular weight excluding hydrogens is 368 g/mol. The van der Waals surface area contributed by atoms with E-state index < -0.39 is 0 Å². The summed E-state index contributed by atoms with van der Waals surface area (Å²) < 4.78 is 1.77. The van der Waals surface area contributed by atoms with E-state index in [4.69, 9.17) is 5.10 Å². The molecule has 0 aliphatic carbocycles. The number of carbonyl (C=O) groups is 1. The van der Waals surface area contributed by atoms with Crippen LogP contribution in [-0.2, 0) is 5.41 Å². The van der Waals surface area contributed by atoms with Gasteiger partial charge in [0.05, 0.1) is 11.4 Å². The summed E-state index contributed by atoms with van der Waals surface area (Å²) in [6.45, 7) is 8.35. The van der Waals surface area contributed by atoms with E-state index in [1.54, 1.807) is 16.4 Å². The first-order valence-corrected chi connectivity index (χ1v) is 10.4. The van der Waals surface area contributed by atoms with Gasteiger partial charge >= 0.3 is 6.03 Å². The number of anilines is 2. The molecule has 2 aromatic carbocycles. The molecule has 0 radical (unpaired) electrons. The third kappa shape index (κ3) is 4.75. The van der Waals surface area contributed by atoms with Crippen LogP contribution in [0.15, 0.2) is 59.5 Å². The second kappa shape index (κ2) is 8.10. The predicted octanol–water partition coefficient (Wildman–Crippen LogP) is 5.84. The molecule has 6 heteroatoms. The summed E-state index contributed by atoms with van der Waals surface area (Å²) in [5.41, 5.74) is 3.60. The molecular formula is C22H26N4OS. The zero-order valence-electron chi connectivity index (χ0n) is 16.9. The average Bonchev–Trinajstić information content (AvgIpc) is 3.07. The second-order valence-corrected chi connectivity index (χ2v) is 8.60. The van der Waals surface area contributed by atoms with Crippen LogP contribution in [0, 0.1) is 6.92 Å². The highest BCUT2D eigenvalue weighted by molar-refractivity contribution is 7.98. The Bertz CT molecular complexity index is 954. The van der Waals surface area contributed by atoms with E-state index in [0.29, 0.717) is 5.82 Å². The normalized spacial score (nSPS) is 11.3. The average molecular weight is 395 g/mol. The van der Waals surface area contributed by atoms with Gasteiger partial charge in [0.2, 0.25) is 0 Å². The molecule has 0 saturated carbocycles. The predicted molar refractivity (Wildman–Crippen MR) is 118 cm³/mol. The molecule has 0 spiro atoms. The Hall–Kier alpha value is -2.73. The zero-order valence-corrected chi connectivity index (χ0v) is 17.7. The SMILES string of the molecule is CSc1ccc(NC(=O)Nc2cc(C(C)(C)C)nn2-c2ccc(C)cc2)cc1. The molecule has 1 heterocycles. The Labute approximate surface area is 170 Å². The van der Waals surface area contributed by atoms with E-state index in [-0.39, 0.29) is 11.4 Å². The molecule has 3 aromatic rings. The summed E-state index contributed by atoms with van der Waals surface area (Å²) in [4.78, 5) is 13.7. The van der Waals surface area contributed by atoms with Crippen molar-refractivity contribution in [2.24, 2.45) is 0 Å².